The Hall–Kier alpha value is -2.10. The molecule has 0 saturated carbocycles. The fourth-order valence-corrected chi connectivity index (χ4v) is 2.65. The summed E-state index contributed by atoms with van der Waals surface area (Å²) in [4.78, 5) is 16.5. The Bertz CT molecular complexity index is 616. The molecular formula is C18H24N2O2. The van der Waals surface area contributed by atoms with E-state index >= 15 is 0 Å². The number of hydrogen-bond acceptors (Lipinski definition) is 3. The van der Waals surface area contributed by atoms with E-state index in [1.807, 2.05) is 13.0 Å². The van der Waals surface area contributed by atoms with Crippen molar-refractivity contribution in [1.29, 1.82) is 0 Å². The van der Waals surface area contributed by atoms with Crippen LogP contribution >= 0.6 is 0 Å². The Morgan fingerprint density at radius 3 is 2.91 bits per heavy atom. The molecule has 0 fully saturated rings. The van der Waals surface area contributed by atoms with Gasteiger partial charge in [0.05, 0.1) is 5.56 Å². The van der Waals surface area contributed by atoms with Crippen LogP contribution in [0.1, 0.15) is 55.1 Å². The van der Waals surface area contributed by atoms with Gasteiger partial charge in [-0.3, -0.25) is 9.79 Å². The van der Waals surface area contributed by atoms with E-state index in [0.717, 1.165) is 36.1 Å². The van der Waals surface area contributed by atoms with Crippen molar-refractivity contribution in [2.24, 2.45) is 10.9 Å². The number of phenols is 1. The Balaban J connectivity index is 2.03. The van der Waals surface area contributed by atoms with E-state index in [9.17, 15) is 9.90 Å². The predicted molar refractivity (Wildman–Crippen MR) is 90.4 cm³/mol. The molecule has 0 spiro atoms. The van der Waals surface area contributed by atoms with Crippen LogP contribution in [0.3, 0.4) is 0 Å². The van der Waals surface area contributed by atoms with Crippen molar-refractivity contribution in [2.75, 3.05) is 6.67 Å². The zero-order valence-electron chi connectivity index (χ0n) is 13.5. The minimum atomic E-state index is -0.282. The fraction of sp³-hybridized carbons (Fsp3) is 0.444. The van der Waals surface area contributed by atoms with E-state index in [-0.39, 0.29) is 18.3 Å². The number of aliphatic imine (C=N–C) groups is 1. The van der Waals surface area contributed by atoms with Gasteiger partial charge < -0.3 is 10.4 Å². The topological polar surface area (TPSA) is 61.7 Å². The van der Waals surface area contributed by atoms with Gasteiger partial charge in [0, 0.05) is 5.71 Å². The SMILES string of the molecule is C/C(CC(C)C)=N/CNC(=O)c1cc2c(cc1O)C=CCC2. The van der Waals surface area contributed by atoms with Crippen LogP contribution in [0.2, 0.25) is 0 Å². The summed E-state index contributed by atoms with van der Waals surface area (Å²) in [6, 6.07) is 3.45. The van der Waals surface area contributed by atoms with Crippen LogP contribution in [-0.2, 0) is 6.42 Å². The summed E-state index contributed by atoms with van der Waals surface area (Å²) in [6.07, 6.45) is 6.86. The molecule has 0 heterocycles. The summed E-state index contributed by atoms with van der Waals surface area (Å²) in [5.74, 6) is 0.291. The van der Waals surface area contributed by atoms with Crippen molar-refractivity contribution in [2.45, 2.75) is 40.0 Å². The smallest absolute Gasteiger partial charge is 0.256 e. The van der Waals surface area contributed by atoms with Gasteiger partial charge in [0.2, 0.25) is 0 Å². The molecule has 1 aliphatic rings. The van der Waals surface area contributed by atoms with Crippen molar-refractivity contribution >= 4 is 17.7 Å². The first kappa shape index (κ1) is 16.3. The first-order valence-electron chi connectivity index (χ1n) is 7.78. The second-order valence-electron chi connectivity index (χ2n) is 6.16. The Morgan fingerprint density at radius 1 is 1.41 bits per heavy atom. The van der Waals surface area contributed by atoms with E-state index in [0.29, 0.717) is 11.5 Å². The lowest BCUT2D eigenvalue weighted by Crippen LogP contribution is -2.24. The maximum absolute atomic E-state index is 12.2. The number of carbonyl (C=O) groups is 1. The largest absolute Gasteiger partial charge is 0.507 e. The highest BCUT2D eigenvalue weighted by atomic mass is 16.3. The van der Waals surface area contributed by atoms with Crippen molar-refractivity contribution in [3.05, 3.63) is 34.9 Å². The number of carbonyl (C=O) groups excluding carboxylic acids is 1. The van der Waals surface area contributed by atoms with E-state index in [1.54, 1.807) is 12.1 Å². The molecule has 0 bridgehead atoms. The standard InChI is InChI=1S/C18H24N2O2/c1-12(2)8-13(3)19-11-20-18(22)16-9-14-6-4-5-7-15(14)10-17(16)21/h5,7,9-10,12,21H,4,6,8,11H2,1-3H3,(H,20,22)/b19-13-. The van der Waals surface area contributed by atoms with Crippen LogP contribution in [0, 0.1) is 5.92 Å². The number of aryl methyl sites for hydroxylation is 1. The highest BCUT2D eigenvalue weighted by Gasteiger charge is 2.15. The predicted octanol–water partition coefficient (Wildman–Crippen LogP) is 3.55. The van der Waals surface area contributed by atoms with Gasteiger partial charge in [-0.1, -0.05) is 26.0 Å². The average Bonchev–Trinajstić information content (AvgIpc) is 2.45. The average molecular weight is 300 g/mol. The lowest BCUT2D eigenvalue weighted by molar-refractivity contribution is 0.0952. The maximum Gasteiger partial charge on any atom is 0.256 e. The summed E-state index contributed by atoms with van der Waals surface area (Å²) < 4.78 is 0. The minimum Gasteiger partial charge on any atom is -0.507 e. The first-order chi connectivity index (χ1) is 10.5. The number of allylic oxidation sites excluding steroid dienone is 1. The first-order valence-corrected chi connectivity index (χ1v) is 7.78. The molecule has 0 atom stereocenters. The van der Waals surface area contributed by atoms with Gasteiger partial charge in [0.1, 0.15) is 12.4 Å². The summed E-state index contributed by atoms with van der Waals surface area (Å²) in [7, 11) is 0. The van der Waals surface area contributed by atoms with E-state index < -0.39 is 0 Å². The van der Waals surface area contributed by atoms with E-state index in [1.165, 1.54) is 0 Å². The Labute approximate surface area is 132 Å². The molecule has 0 saturated heterocycles. The molecule has 0 radical (unpaired) electrons. The molecule has 0 aliphatic heterocycles. The molecule has 1 aromatic carbocycles. The number of amides is 1. The van der Waals surface area contributed by atoms with Crippen molar-refractivity contribution in [1.82, 2.24) is 5.32 Å². The summed E-state index contributed by atoms with van der Waals surface area (Å²) in [6.45, 7) is 6.48. The number of rotatable bonds is 5. The van der Waals surface area contributed by atoms with Gasteiger partial charge >= 0.3 is 0 Å². The third-order valence-electron chi connectivity index (χ3n) is 3.67. The zero-order valence-corrected chi connectivity index (χ0v) is 13.5. The summed E-state index contributed by atoms with van der Waals surface area (Å²) in [5.41, 5.74) is 3.44. The maximum atomic E-state index is 12.2. The van der Waals surface area contributed by atoms with Crippen LogP contribution in [0.4, 0.5) is 0 Å². The van der Waals surface area contributed by atoms with Gasteiger partial charge in [-0.15, -0.1) is 0 Å². The third-order valence-corrected chi connectivity index (χ3v) is 3.67. The second kappa shape index (κ2) is 7.25. The number of hydrogen-bond donors (Lipinski definition) is 2. The molecule has 1 amide bonds. The minimum absolute atomic E-state index is 0.0191. The van der Waals surface area contributed by atoms with Crippen LogP contribution < -0.4 is 5.32 Å². The number of nitrogens with zero attached hydrogens (tertiary/aromatic N) is 1. The molecule has 0 aromatic heterocycles. The zero-order chi connectivity index (χ0) is 16.1. The fourth-order valence-electron chi connectivity index (χ4n) is 2.65. The van der Waals surface area contributed by atoms with E-state index in [4.69, 9.17) is 0 Å². The molecule has 4 heteroatoms. The van der Waals surface area contributed by atoms with Crippen molar-refractivity contribution < 1.29 is 9.90 Å². The summed E-state index contributed by atoms with van der Waals surface area (Å²) >= 11 is 0. The quantitative estimate of drug-likeness (QED) is 0.817. The highest BCUT2D eigenvalue weighted by Crippen LogP contribution is 2.27. The lowest BCUT2D eigenvalue weighted by atomic mass is 9.94. The highest BCUT2D eigenvalue weighted by molar-refractivity contribution is 5.97. The number of phenolic OH excluding ortho intramolecular Hbond substituents is 1. The molecule has 4 nitrogen and oxygen atoms in total. The van der Waals surface area contributed by atoms with E-state index in [2.05, 4.69) is 30.2 Å². The van der Waals surface area contributed by atoms with Crippen LogP contribution in [0.15, 0.2) is 23.2 Å². The number of fused-ring (bicyclic) bond motifs is 1. The Kier molecular flexibility index (Phi) is 5.36. The normalized spacial score (nSPS) is 14.1. The molecule has 1 aromatic rings. The van der Waals surface area contributed by atoms with Crippen molar-refractivity contribution in [3.8, 4) is 5.75 Å². The molecule has 2 rings (SSSR count). The second-order valence-corrected chi connectivity index (χ2v) is 6.16. The van der Waals surface area contributed by atoms with Crippen LogP contribution in [0.5, 0.6) is 5.75 Å². The van der Waals surface area contributed by atoms with Gasteiger partial charge in [-0.2, -0.15) is 0 Å². The number of benzene rings is 1. The molecule has 1 aliphatic carbocycles. The third kappa shape index (κ3) is 4.20. The molecule has 118 valence electrons. The van der Waals surface area contributed by atoms with Gasteiger partial charge in [-0.25, -0.2) is 0 Å². The summed E-state index contributed by atoms with van der Waals surface area (Å²) in [5, 5.41) is 12.8. The Morgan fingerprint density at radius 2 is 2.18 bits per heavy atom. The monoisotopic (exact) mass is 300 g/mol. The van der Waals surface area contributed by atoms with Crippen molar-refractivity contribution in [3.63, 3.8) is 0 Å². The molecule has 0 unspecified atom stereocenters. The molecular weight excluding hydrogens is 276 g/mol. The van der Waals surface area contributed by atoms with Gasteiger partial charge in [-0.05, 0) is 55.4 Å². The van der Waals surface area contributed by atoms with Gasteiger partial charge in [0.25, 0.3) is 5.91 Å². The number of aromatic hydroxyl groups is 1. The molecule has 22 heavy (non-hydrogen) atoms. The van der Waals surface area contributed by atoms with Crippen LogP contribution in [-0.4, -0.2) is 23.4 Å². The van der Waals surface area contributed by atoms with Crippen LogP contribution in [0.25, 0.3) is 6.08 Å². The molecule has 2 N–H and O–H groups in total. The van der Waals surface area contributed by atoms with Gasteiger partial charge in [0.15, 0.2) is 0 Å². The number of nitrogens with one attached hydrogen (secondary N) is 1. The lowest BCUT2D eigenvalue weighted by Gasteiger charge is -2.13.